The highest BCUT2D eigenvalue weighted by Crippen LogP contribution is 2.14. The zero-order chi connectivity index (χ0) is 13.1. The number of aromatic nitrogens is 2. The molecule has 0 aromatic carbocycles. The average molecular weight is 283 g/mol. The van der Waals surface area contributed by atoms with Crippen LogP contribution in [0, 0.1) is 6.92 Å². The van der Waals surface area contributed by atoms with E-state index >= 15 is 0 Å². The highest BCUT2D eigenvalue weighted by atomic mass is 32.1. The van der Waals surface area contributed by atoms with E-state index in [1.54, 1.807) is 5.51 Å². The molecule has 8 heteroatoms. The Morgan fingerprint density at radius 3 is 2.78 bits per heavy atom. The third-order valence-electron chi connectivity index (χ3n) is 2.17. The molecule has 0 spiro atoms. The van der Waals surface area contributed by atoms with Crippen LogP contribution in [0.3, 0.4) is 0 Å². The SMILES string of the molecule is Cc1ncsc1CNC(=O)c1cnc(C(=O)O)s1. The van der Waals surface area contributed by atoms with Crippen molar-refractivity contribution in [2.24, 2.45) is 0 Å². The number of carbonyl (C=O) groups is 2. The quantitative estimate of drug-likeness (QED) is 0.888. The molecule has 0 unspecified atom stereocenters. The number of carboxylic acid groups (broad SMARTS) is 1. The molecule has 0 saturated carbocycles. The van der Waals surface area contributed by atoms with Crippen LogP contribution in [0.1, 0.15) is 30.0 Å². The second kappa shape index (κ2) is 5.23. The molecule has 94 valence electrons. The lowest BCUT2D eigenvalue weighted by atomic mass is 10.4. The van der Waals surface area contributed by atoms with Crippen LogP contribution in [-0.2, 0) is 6.54 Å². The predicted molar refractivity (Wildman–Crippen MR) is 67.1 cm³/mol. The molecule has 0 radical (unpaired) electrons. The first kappa shape index (κ1) is 12.7. The maximum absolute atomic E-state index is 11.7. The van der Waals surface area contributed by atoms with Gasteiger partial charge in [-0.3, -0.25) is 4.79 Å². The van der Waals surface area contributed by atoms with Gasteiger partial charge in [-0.2, -0.15) is 0 Å². The van der Waals surface area contributed by atoms with Gasteiger partial charge in [0.05, 0.1) is 23.9 Å². The highest BCUT2D eigenvalue weighted by Gasteiger charge is 2.14. The van der Waals surface area contributed by atoms with E-state index in [9.17, 15) is 9.59 Å². The Labute approximate surface area is 110 Å². The number of hydrogen-bond donors (Lipinski definition) is 2. The Bertz CT molecular complexity index is 591. The van der Waals surface area contributed by atoms with Crippen LogP contribution in [-0.4, -0.2) is 27.0 Å². The summed E-state index contributed by atoms with van der Waals surface area (Å²) in [5, 5.41) is 11.3. The first-order chi connectivity index (χ1) is 8.58. The van der Waals surface area contributed by atoms with Crippen molar-refractivity contribution in [1.82, 2.24) is 15.3 Å². The van der Waals surface area contributed by atoms with E-state index in [0.717, 1.165) is 21.9 Å². The monoisotopic (exact) mass is 283 g/mol. The Kier molecular flexibility index (Phi) is 3.68. The lowest BCUT2D eigenvalue weighted by molar-refractivity contribution is 0.0696. The van der Waals surface area contributed by atoms with Gasteiger partial charge in [-0.15, -0.1) is 22.7 Å². The van der Waals surface area contributed by atoms with Crippen molar-refractivity contribution in [3.8, 4) is 0 Å². The van der Waals surface area contributed by atoms with Crippen LogP contribution >= 0.6 is 22.7 Å². The van der Waals surface area contributed by atoms with E-state index in [2.05, 4.69) is 15.3 Å². The van der Waals surface area contributed by atoms with E-state index in [1.165, 1.54) is 17.5 Å². The number of amides is 1. The number of carboxylic acids is 1. The van der Waals surface area contributed by atoms with Crippen LogP contribution in [0.5, 0.6) is 0 Å². The Morgan fingerprint density at radius 1 is 1.44 bits per heavy atom. The largest absolute Gasteiger partial charge is 0.476 e. The van der Waals surface area contributed by atoms with Gasteiger partial charge < -0.3 is 10.4 Å². The maximum atomic E-state index is 11.7. The predicted octanol–water partition coefficient (Wildman–Crippen LogP) is 1.54. The van der Waals surface area contributed by atoms with Crippen LogP contribution < -0.4 is 5.32 Å². The first-order valence-corrected chi connectivity index (χ1v) is 6.64. The van der Waals surface area contributed by atoms with Gasteiger partial charge >= 0.3 is 5.97 Å². The second-order valence-electron chi connectivity index (χ2n) is 3.38. The van der Waals surface area contributed by atoms with E-state index in [1.807, 2.05) is 6.92 Å². The molecule has 0 saturated heterocycles. The molecule has 0 atom stereocenters. The summed E-state index contributed by atoms with van der Waals surface area (Å²) >= 11 is 2.32. The molecule has 2 rings (SSSR count). The summed E-state index contributed by atoms with van der Waals surface area (Å²) in [6.45, 7) is 2.25. The average Bonchev–Trinajstić information content (AvgIpc) is 2.94. The summed E-state index contributed by atoms with van der Waals surface area (Å²) < 4.78 is 0. The highest BCUT2D eigenvalue weighted by molar-refractivity contribution is 7.15. The van der Waals surface area contributed by atoms with Gasteiger partial charge in [-0.25, -0.2) is 14.8 Å². The molecular weight excluding hydrogens is 274 g/mol. The molecule has 0 bridgehead atoms. The van der Waals surface area contributed by atoms with Crippen molar-refractivity contribution in [1.29, 1.82) is 0 Å². The smallest absolute Gasteiger partial charge is 0.365 e. The number of thiazole rings is 2. The Hall–Kier alpha value is -1.80. The fraction of sp³-hybridized carbons (Fsp3) is 0.200. The summed E-state index contributed by atoms with van der Waals surface area (Å²) in [4.78, 5) is 31.4. The molecule has 1 amide bonds. The van der Waals surface area contributed by atoms with Gasteiger partial charge in [-0.05, 0) is 6.92 Å². The number of hydrogen-bond acceptors (Lipinski definition) is 6. The second-order valence-corrected chi connectivity index (χ2v) is 5.35. The van der Waals surface area contributed by atoms with Gasteiger partial charge in [0.1, 0.15) is 4.88 Å². The van der Waals surface area contributed by atoms with Crippen molar-refractivity contribution in [2.45, 2.75) is 13.5 Å². The van der Waals surface area contributed by atoms with E-state index in [0.29, 0.717) is 6.54 Å². The first-order valence-electron chi connectivity index (χ1n) is 4.94. The normalized spacial score (nSPS) is 10.3. The van der Waals surface area contributed by atoms with Crippen LogP contribution in [0.25, 0.3) is 0 Å². The summed E-state index contributed by atoms with van der Waals surface area (Å²) in [7, 11) is 0. The molecule has 0 aliphatic carbocycles. The van der Waals surface area contributed by atoms with Gasteiger partial charge in [0, 0.05) is 4.88 Å². The summed E-state index contributed by atoms with van der Waals surface area (Å²) in [6.07, 6.45) is 1.27. The molecule has 2 aromatic heterocycles. The summed E-state index contributed by atoms with van der Waals surface area (Å²) in [5.74, 6) is -1.45. The van der Waals surface area contributed by atoms with Gasteiger partial charge in [0.15, 0.2) is 0 Å². The van der Waals surface area contributed by atoms with Crippen molar-refractivity contribution in [2.75, 3.05) is 0 Å². The standard InChI is InChI=1S/C10H9N3O3S2/c1-5-6(17-4-13-5)2-11-8(14)7-3-12-9(18-7)10(15)16/h3-4H,2H2,1H3,(H,11,14)(H,15,16). The molecule has 2 N–H and O–H groups in total. The fourth-order valence-electron chi connectivity index (χ4n) is 1.22. The molecule has 18 heavy (non-hydrogen) atoms. The molecule has 2 aromatic rings. The molecule has 6 nitrogen and oxygen atoms in total. The van der Waals surface area contributed by atoms with Crippen molar-refractivity contribution < 1.29 is 14.7 Å². The van der Waals surface area contributed by atoms with Gasteiger partial charge in [0.25, 0.3) is 5.91 Å². The molecular formula is C10H9N3O3S2. The van der Waals surface area contributed by atoms with Gasteiger partial charge in [-0.1, -0.05) is 0 Å². The van der Waals surface area contributed by atoms with Crippen LogP contribution in [0.4, 0.5) is 0 Å². The molecule has 0 aliphatic heterocycles. The van der Waals surface area contributed by atoms with Crippen molar-refractivity contribution in [3.05, 3.63) is 32.2 Å². The van der Waals surface area contributed by atoms with E-state index < -0.39 is 5.97 Å². The minimum atomic E-state index is -1.13. The summed E-state index contributed by atoms with van der Waals surface area (Å²) in [5.41, 5.74) is 2.60. The van der Waals surface area contributed by atoms with E-state index in [-0.39, 0.29) is 15.8 Å². The number of carbonyl (C=O) groups excluding carboxylic acids is 1. The Morgan fingerprint density at radius 2 is 2.22 bits per heavy atom. The number of rotatable bonds is 4. The van der Waals surface area contributed by atoms with Crippen LogP contribution in [0.2, 0.25) is 0 Å². The third kappa shape index (κ3) is 2.71. The lowest BCUT2D eigenvalue weighted by Gasteiger charge is -2.01. The Balaban J connectivity index is 1.99. The molecule has 2 heterocycles. The van der Waals surface area contributed by atoms with Crippen LogP contribution in [0.15, 0.2) is 11.7 Å². The minimum absolute atomic E-state index is 0.0888. The van der Waals surface area contributed by atoms with Crippen molar-refractivity contribution >= 4 is 34.6 Å². The summed E-state index contributed by atoms with van der Waals surface area (Å²) in [6, 6.07) is 0. The zero-order valence-electron chi connectivity index (χ0n) is 9.34. The van der Waals surface area contributed by atoms with Crippen molar-refractivity contribution in [3.63, 3.8) is 0 Å². The number of nitrogens with zero attached hydrogens (tertiary/aromatic N) is 2. The third-order valence-corrected chi connectivity index (χ3v) is 4.09. The molecule has 0 aliphatic rings. The lowest BCUT2D eigenvalue weighted by Crippen LogP contribution is -2.21. The van der Waals surface area contributed by atoms with E-state index in [4.69, 9.17) is 5.11 Å². The number of aromatic carboxylic acids is 1. The minimum Gasteiger partial charge on any atom is -0.476 e. The van der Waals surface area contributed by atoms with Gasteiger partial charge in [0.2, 0.25) is 5.01 Å². The number of nitrogens with one attached hydrogen (secondary N) is 1. The number of aryl methyl sites for hydroxylation is 1. The fourth-order valence-corrected chi connectivity index (χ4v) is 2.61. The maximum Gasteiger partial charge on any atom is 0.365 e. The topological polar surface area (TPSA) is 92.2 Å². The molecule has 0 fully saturated rings. The zero-order valence-corrected chi connectivity index (χ0v) is 11.0.